The Hall–Kier alpha value is -3.08. The van der Waals surface area contributed by atoms with Crippen molar-refractivity contribution in [3.63, 3.8) is 0 Å². The summed E-state index contributed by atoms with van der Waals surface area (Å²) in [6.07, 6.45) is 1.57. The van der Waals surface area contributed by atoms with Crippen molar-refractivity contribution in [2.24, 2.45) is 10.9 Å². The molecule has 1 aliphatic heterocycles. The second-order valence-corrected chi connectivity index (χ2v) is 9.42. The summed E-state index contributed by atoms with van der Waals surface area (Å²) in [5.74, 6) is 0.755. The number of carbonyl (C=O) groups excluding carboxylic acids is 1. The van der Waals surface area contributed by atoms with Crippen LogP contribution in [0.3, 0.4) is 0 Å². The highest BCUT2D eigenvalue weighted by Crippen LogP contribution is 2.40. The number of hydrogen-bond donors (Lipinski definition) is 1. The average molecular weight is 475 g/mol. The van der Waals surface area contributed by atoms with Crippen LogP contribution in [0.4, 0.5) is 24.8 Å². The van der Waals surface area contributed by atoms with E-state index in [-0.39, 0.29) is 18.4 Å². The molecule has 3 aromatic rings. The van der Waals surface area contributed by atoms with Gasteiger partial charge in [0.25, 0.3) is 0 Å². The fourth-order valence-electron chi connectivity index (χ4n) is 4.32. The summed E-state index contributed by atoms with van der Waals surface area (Å²) < 4.78 is 37.6. The van der Waals surface area contributed by atoms with Crippen LogP contribution in [0, 0.1) is 5.92 Å². The van der Waals surface area contributed by atoms with Crippen LogP contribution < -0.4 is 5.32 Å². The van der Waals surface area contributed by atoms with E-state index in [0.717, 1.165) is 31.8 Å². The summed E-state index contributed by atoms with van der Waals surface area (Å²) in [5, 5.41) is 4.22. The van der Waals surface area contributed by atoms with E-state index in [9.17, 15) is 18.0 Å². The molecule has 172 valence electrons. The molecule has 5 rings (SSSR count). The van der Waals surface area contributed by atoms with Crippen molar-refractivity contribution in [3.8, 4) is 0 Å². The third-order valence-electron chi connectivity index (χ3n) is 6.06. The largest absolute Gasteiger partial charge is 0.390 e. The van der Waals surface area contributed by atoms with E-state index in [1.807, 2.05) is 12.3 Å². The molecule has 1 atom stereocenters. The third kappa shape index (κ3) is 4.41. The molecule has 0 bridgehead atoms. The first-order valence-corrected chi connectivity index (χ1v) is 11.4. The van der Waals surface area contributed by atoms with Gasteiger partial charge in [-0.1, -0.05) is 0 Å². The van der Waals surface area contributed by atoms with Gasteiger partial charge in [-0.25, -0.2) is 15.0 Å². The molecule has 0 spiro atoms. The summed E-state index contributed by atoms with van der Waals surface area (Å²) >= 11 is 1.51. The van der Waals surface area contributed by atoms with E-state index in [1.54, 1.807) is 6.20 Å². The molecule has 0 saturated heterocycles. The average Bonchev–Trinajstić information content (AvgIpc) is 3.40. The smallest absolute Gasteiger partial charge is 0.345 e. The number of nitrogens with zero attached hydrogens (tertiary/aromatic N) is 5. The lowest BCUT2D eigenvalue weighted by Crippen LogP contribution is -2.37. The normalized spacial score (nSPS) is 17.2. The van der Waals surface area contributed by atoms with Gasteiger partial charge in [0, 0.05) is 47.9 Å². The first-order chi connectivity index (χ1) is 15.8. The van der Waals surface area contributed by atoms with Crippen LogP contribution in [-0.4, -0.2) is 51.7 Å². The zero-order valence-corrected chi connectivity index (χ0v) is 18.6. The Balaban J connectivity index is 1.36. The summed E-state index contributed by atoms with van der Waals surface area (Å²) in [5.41, 5.74) is 3.21. The molecule has 0 radical (unpaired) electrons. The predicted molar refractivity (Wildman–Crippen MR) is 120 cm³/mol. The first kappa shape index (κ1) is 21.7. The van der Waals surface area contributed by atoms with Crippen LogP contribution in [0.5, 0.6) is 0 Å². The van der Waals surface area contributed by atoms with Crippen LogP contribution in [0.2, 0.25) is 0 Å². The Kier molecular flexibility index (Phi) is 5.51. The van der Waals surface area contributed by atoms with Crippen molar-refractivity contribution in [1.29, 1.82) is 0 Å². The van der Waals surface area contributed by atoms with E-state index in [2.05, 4.69) is 25.3 Å². The van der Waals surface area contributed by atoms with Crippen LogP contribution in [-0.2, 0) is 24.2 Å². The van der Waals surface area contributed by atoms with Crippen molar-refractivity contribution in [2.75, 3.05) is 18.9 Å². The van der Waals surface area contributed by atoms with Gasteiger partial charge in [-0.15, -0.1) is 11.3 Å². The van der Waals surface area contributed by atoms with E-state index in [4.69, 9.17) is 0 Å². The van der Waals surface area contributed by atoms with E-state index >= 15 is 0 Å². The van der Waals surface area contributed by atoms with Gasteiger partial charge >= 0.3 is 6.18 Å². The number of anilines is 2. The van der Waals surface area contributed by atoms with Crippen molar-refractivity contribution < 1.29 is 18.0 Å². The number of carbonyl (C=O) groups is 1. The Morgan fingerprint density at radius 2 is 2.15 bits per heavy atom. The van der Waals surface area contributed by atoms with Gasteiger partial charge in [-0.05, 0) is 30.9 Å². The molecular formula is C22H21F3N6OS. The molecule has 1 N–H and O–H groups in total. The highest BCUT2D eigenvalue weighted by molar-refractivity contribution is 7.19. The summed E-state index contributed by atoms with van der Waals surface area (Å²) in [6, 6.07) is 1.93. The van der Waals surface area contributed by atoms with E-state index < -0.39 is 12.6 Å². The molecule has 0 fully saturated rings. The number of halogens is 3. The van der Waals surface area contributed by atoms with Gasteiger partial charge in [0.2, 0.25) is 5.91 Å². The number of thiophene rings is 1. The predicted octanol–water partition coefficient (Wildman–Crippen LogP) is 4.28. The minimum atomic E-state index is -4.28. The number of rotatable bonds is 5. The molecule has 0 aromatic carbocycles. The fraction of sp³-hybridized carbons (Fsp3) is 0.409. The van der Waals surface area contributed by atoms with Crippen LogP contribution in [0.25, 0.3) is 10.2 Å². The van der Waals surface area contributed by atoms with Gasteiger partial charge in [0.05, 0.1) is 18.4 Å². The number of alkyl halides is 3. The lowest BCUT2D eigenvalue weighted by Gasteiger charge is -2.27. The van der Waals surface area contributed by atoms with Crippen LogP contribution in [0.15, 0.2) is 23.6 Å². The zero-order valence-electron chi connectivity index (χ0n) is 17.8. The van der Waals surface area contributed by atoms with Gasteiger partial charge in [-0.3, -0.25) is 9.79 Å². The molecule has 1 aliphatic carbocycles. The summed E-state index contributed by atoms with van der Waals surface area (Å²) in [4.78, 5) is 33.4. The van der Waals surface area contributed by atoms with Gasteiger partial charge in [0.1, 0.15) is 22.8 Å². The Bertz CT molecular complexity index is 1250. The SMILES string of the molecule is CN(CCC(F)(F)F)C(=O)[C@H]1CCc2c(sc3ncnc(Nc4cc5c(cn4)CN=C5)c23)C1. The first-order valence-electron chi connectivity index (χ1n) is 10.6. The molecule has 0 saturated carbocycles. The van der Waals surface area contributed by atoms with Crippen molar-refractivity contribution in [3.05, 3.63) is 40.2 Å². The topological polar surface area (TPSA) is 83.4 Å². The lowest BCUT2D eigenvalue weighted by atomic mass is 9.87. The second-order valence-electron chi connectivity index (χ2n) is 8.33. The van der Waals surface area contributed by atoms with Gasteiger partial charge in [0.15, 0.2) is 0 Å². The van der Waals surface area contributed by atoms with Gasteiger partial charge < -0.3 is 10.2 Å². The second kappa shape index (κ2) is 8.36. The van der Waals surface area contributed by atoms with Gasteiger partial charge in [-0.2, -0.15) is 13.2 Å². The molecule has 1 amide bonds. The fourth-order valence-corrected chi connectivity index (χ4v) is 5.58. The van der Waals surface area contributed by atoms with Crippen LogP contribution in [0.1, 0.15) is 34.4 Å². The van der Waals surface area contributed by atoms with Crippen molar-refractivity contribution in [2.45, 2.75) is 38.4 Å². The number of hydrogen-bond acceptors (Lipinski definition) is 7. The molecule has 3 aromatic heterocycles. The maximum atomic E-state index is 12.7. The van der Waals surface area contributed by atoms with Crippen LogP contribution >= 0.6 is 11.3 Å². The third-order valence-corrected chi connectivity index (χ3v) is 7.22. The van der Waals surface area contributed by atoms with Crippen molar-refractivity contribution in [1.82, 2.24) is 19.9 Å². The van der Waals surface area contributed by atoms with Crippen molar-refractivity contribution >= 4 is 45.3 Å². The number of fused-ring (bicyclic) bond motifs is 4. The minimum Gasteiger partial charge on any atom is -0.345 e. The Labute approximate surface area is 191 Å². The Morgan fingerprint density at radius 3 is 2.97 bits per heavy atom. The molecule has 2 aliphatic rings. The highest BCUT2D eigenvalue weighted by atomic mass is 32.1. The molecule has 7 nitrogen and oxygen atoms in total. The highest BCUT2D eigenvalue weighted by Gasteiger charge is 2.33. The molecule has 33 heavy (non-hydrogen) atoms. The quantitative estimate of drug-likeness (QED) is 0.597. The maximum Gasteiger partial charge on any atom is 0.390 e. The number of aryl methyl sites for hydroxylation is 1. The Morgan fingerprint density at radius 1 is 1.30 bits per heavy atom. The maximum absolute atomic E-state index is 12.7. The number of nitrogens with one attached hydrogen (secondary N) is 1. The van der Waals surface area contributed by atoms with E-state index in [1.165, 1.54) is 29.6 Å². The standard InChI is InChI=1S/C22H21F3N6OS/c1-31(5-4-22(23,24)25)21(32)12-2-3-15-16(6-12)33-20-18(15)19(28-11-29-20)30-17-7-13-8-26-9-14(13)10-27-17/h7-8,10-12H,2-6,9H2,1H3,(H,27,28,29,30)/t12-/m0/s1. The monoisotopic (exact) mass is 474 g/mol. The summed E-state index contributed by atoms with van der Waals surface area (Å²) in [7, 11) is 1.44. The summed E-state index contributed by atoms with van der Waals surface area (Å²) in [6.45, 7) is 0.319. The lowest BCUT2D eigenvalue weighted by molar-refractivity contribution is -0.146. The number of aromatic nitrogens is 3. The zero-order chi connectivity index (χ0) is 23.2. The number of pyridine rings is 1. The molecule has 0 unspecified atom stereocenters. The number of aliphatic imine (C=N–C) groups is 1. The number of amides is 1. The van der Waals surface area contributed by atoms with E-state index in [0.29, 0.717) is 37.4 Å². The molecule has 4 heterocycles. The molecule has 11 heteroatoms. The minimum absolute atomic E-state index is 0.240. The molecular weight excluding hydrogens is 453 g/mol.